The van der Waals surface area contributed by atoms with Gasteiger partial charge < -0.3 is 34.1 Å². The van der Waals surface area contributed by atoms with Crippen LogP contribution >= 0.6 is 15.0 Å². The highest BCUT2D eigenvalue weighted by Gasteiger charge is 2.57. The van der Waals surface area contributed by atoms with Gasteiger partial charge in [0.15, 0.2) is 0 Å². The van der Waals surface area contributed by atoms with E-state index in [9.17, 15) is 29.7 Å². The monoisotopic (exact) mass is 511 g/mol. The third-order valence-electron chi connectivity index (χ3n) is 7.50. The summed E-state index contributed by atoms with van der Waals surface area (Å²) in [5.74, 6) is 0.219. The fourth-order valence-electron chi connectivity index (χ4n) is 5.71. The van der Waals surface area contributed by atoms with Gasteiger partial charge in [-0.05, 0) is 62.9 Å². The van der Waals surface area contributed by atoms with Crippen molar-refractivity contribution in [1.29, 1.82) is 0 Å². The van der Waals surface area contributed by atoms with Crippen LogP contribution in [0.15, 0.2) is 11.6 Å². The number of aliphatic hydroxyl groups excluding tert-OH is 3. The Morgan fingerprint density at radius 1 is 0.970 bits per heavy atom. The fourth-order valence-corrected chi connectivity index (χ4v) is 7.62. The highest BCUT2D eigenvalue weighted by molar-refractivity contribution is 7.58. The van der Waals surface area contributed by atoms with Crippen LogP contribution in [0.5, 0.6) is 0 Å². The Hall–Kier alpha value is -0.120. The van der Waals surface area contributed by atoms with Crippen molar-refractivity contribution in [2.45, 2.75) is 88.5 Å². The van der Waals surface area contributed by atoms with Gasteiger partial charge in [-0.1, -0.05) is 19.9 Å². The van der Waals surface area contributed by atoms with Crippen molar-refractivity contribution < 1.29 is 43.2 Å². The first-order valence-electron chi connectivity index (χ1n) is 11.7. The number of hydroxylamine groups is 2. The van der Waals surface area contributed by atoms with E-state index in [-0.39, 0.29) is 18.1 Å². The van der Waals surface area contributed by atoms with Crippen molar-refractivity contribution >= 4 is 15.0 Å². The van der Waals surface area contributed by atoms with E-state index in [1.165, 1.54) is 17.7 Å². The zero-order valence-electron chi connectivity index (χ0n) is 19.8. The Labute approximate surface area is 195 Å². The molecule has 12 heteroatoms. The fraction of sp³-hybridized carbons (Fsp3) is 0.905. The summed E-state index contributed by atoms with van der Waals surface area (Å²) < 4.78 is 40.7. The second-order valence-corrected chi connectivity index (χ2v) is 14.3. The molecule has 10 nitrogen and oxygen atoms in total. The van der Waals surface area contributed by atoms with Crippen molar-refractivity contribution in [1.82, 2.24) is 5.06 Å². The lowest BCUT2D eigenvalue weighted by molar-refractivity contribution is -0.226. The van der Waals surface area contributed by atoms with E-state index in [2.05, 4.69) is 19.9 Å². The quantitative estimate of drug-likeness (QED) is 0.267. The molecule has 4 N–H and O–H groups in total. The lowest BCUT2D eigenvalue weighted by Gasteiger charge is -2.50. The molecule has 0 amide bonds. The van der Waals surface area contributed by atoms with E-state index in [1.807, 2.05) is 0 Å². The molecule has 2 aliphatic carbocycles. The number of hydrogen-bond donors (Lipinski definition) is 4. The van der Waals surface area contributed by atoms with Crippen molar-refractivity contribution in [3.8, 4) is 0 Å². The van der Waals surface area contributed by atoms with Gasteiger partial charge in [0.05, 0.1) is 23.3 Å². The molecule has 2 fully saturated rings. The Morgan fingerprint density at radius 2 is 1.48 bits per heavy atom. The first-order chi connectivity index (χ1) is 15.5. The SMILES string of the molecule is COP(=O)(CO)OC1CCC2(CC1)C(C(C)C)=CC1(CCC(OP(=O)(CO)CO)CC1)N2O. The van der Waals surface area contributed by atoms with Crippen LogP contribution in [-0.4, -0.2) is 75.0 Å². The molecule has 1 aliphatic heterocycles. The molecule has 0 aromatic heterocycles. The van der Waals surface area contributed by atoms with Crippen LogP contribution in [0.25, 0.3) is 0 Å². The summed E-state index contributed by atoms with van der Waals surface area (Å²) in [6.45, 7) is 4.23. The van der Waals surface area contributed by atoms with Gasteiger partial charge in [-0.3, -0.25) is 9.13 Å². The number of aliphatic hydroxyl groups is 3. The molecule has 1 unspecified atom stereocenters. The lowest BCUT2D eigenvalue weighted by atomic mass is 9.73. The maximum atomic E-state index is 12.4. The molecule has 192 valence electrons. The standard InChI is InChI=1S/C21H39NO9P2/c1-16(2)19-12-20(8-4-17(5-9-20)30-32(27,13-23)14-24)22(26)21(19)10-6-18(7-11-21)31-33(28,15-25)29-3/h12,16-18,23-26H,4-11,13-15H2,1-3H3. The van der Waals surface area contributed by atoms with E-state index >= 15 is 0 Å². The summed E-state index contributed by atoms with van der Waals surface area (Å²) in [5, 5.41) is 41.0. The molecule has 1 heterocycles. The smallest absolute Gasteiger partial charge is 0.355 e. The van der Waals surface area contributed by atoms with E-state index in [1.54, 1.807) is 0 Å². The molecule has 1 atom stereocenters. The van der Waals surface area contributed by atoms with Crippen LogP contribution in [0.4, 0.5) is 0 Å². The maximum absolute atomic E-state index is 12.4. The predicted octanol–water partition coefficient (Wildman–Crippen LogP) is 3.64. The molecule has 33 heavy (non-hydrogen) atoms. The third-order valence-corrected chi connectivity index (χ3v) is 10.6. The van der Waals surface area contributed by atoms with Crippen molar-refractivity contribution in [2.24, 2.45) is 5.92 Å². The summed E-state index contributed by atoms with van der Waals surface area (Å²) in [6, 6.07) is 0. The molecule has 2 spiro atoms. The van der Waals surface area contributed by atoms with Crippen LogP contribution in [-0.2, 0) is 22.7 Å². The van der Waals surface area contributed by atoms with Gasteiger partial charge >= 0.3 is 7.60 Å². The summed E-state index contributed by atoms with van der Waals surface area (Å²) in [6.07, 6.45) is 4.21. The molecule has 0 saturated heterocycles. The minimum atomic E-state index is -3.51. The highest BCUT2D eigenvalue weighted by atomic mass is 31.2. The maximum Gasteiger partial charge on any atom is 0.355 e. The molecule has 3 rings (SSSR count). The number of nitrogens with zero attached hydrogens (tertiary/aromatic N) is 1. The Morgan fingerprint density at radius 3 is 1.94 bits per heavy atom. The Balaban J connectivity index is 1.72. The van der Waals surface area contributed by atoms with Gasteiger partial charge in [-0.15, -0.1) is 0 Å². The summed E-state index contributed by atoms with van der Waals surface area (Å²) in [7, 11) is -5.70. The lowest BCUT2D eigenvalue weighted by Crippen LogP contribution is -2.57. The highest BCUT2D eigenvalue weighted by Crippen LogP contribution is 2.57. The minimum Gasteiger partial charge on any atom is -0.386 e. The largest absolute Gasteiger partial charge is 0.386 e. The average Bonchev–Trinajstić information content (AvgIpc) is 3.05. The van der Waals surface area contributed by atoms with Gasteiger partial charge in [0.1, 0.15) is 19.0 Å². The molecule has 0 radical (unpaired) electrons. The van der Waals surface area contributed by atoms with Gasteiger partial charge in [-0.2, -0.15) is 5.06 Å². The van der Waals surface area contributed by atoms with Gasteiger partial charge in [0.2, 0.25) is 0 Å². The van der Waals surface area contributed by atoms with Crippen molar-refractivity contribution in [2.75, 3.05) is 26.2 Å². The van der Waals surface area contributed by atoms with Crippen LogP contribution in [0.1, 0.15) is 65.2 Å². The molecule has 3 aliphatic rings. The first-order valence-corrected chi connectivity index (χ1v) is 15.4. The van der Waals surface area contributed by atoms with Crippen LogP contribution < -0.4 is 0 Å². The summed E-state index contributed by atoms with van der Waals surface area (Å²) in [4.78, 5) is 0. The van der Waals surface area contributed by atoms with Gasteiger partial charge in [0.25, 0.3) is 7.37 Å². The van der Waals surface area contributed by atoms with Crippen LogP contribution in [0.3, 0.4) is 0 Å². The van der Waals surface area contributed by atoms with E-state index in [0.717, 1.165) is 0 Å². The van der Waals surface area contributed by atoms with E-state index < -0.39 is 45.1 Å². The predicted molar refractivity (Wildman–Crippen MR) is 122 cm³/mol. The second-order valence-electron chi connectivity index (χ2n) is 9.84. The molecule has 0 bridgehead atoms. The zero-order valence-corrected chi connectivity index (χ0v) is 21.5. The summed E-state index contributed by atoms with van der Waals surface area (Å²) >= 11 is 0. The third kappa shape index (κ3) is 5.36. The van der Waals surface area contributed by atoms with Crippen molar-refractivity contribution in [3.63, 3.8) is 0 Å². The molecule has 2 saturated carbocycles. The molecular formula is C21H39NO9P2. The van der Waals surface area contributed by atoms with E-state index in [0.29, 0.717) is 51.4 Å². The topological polar surface area (TPSA) is 146 Å². The first kappa shape index (κ1) is 27.5. The average molecular weight is 511 g/mol. The Bertz CT molecular complexity index is 786. The second kappa shape index (κ2) is 10.5. The molecular weight excluding hydrogens is 472 g/mol. The van der Waals surface area contributed by atoms with Crippen molar-refractivity contribution in [3.05, 3.63) is 11.6 Å². The normalized spacial score (nSPS) is 35.3. The van der Waals surface area contributed by atoms with Crippen LogP contribution in [0, 0.1) is 5.92 Å². The summed E-state index contributed by atoms with van der Waals surface area (Å²) in [5.41, 5.74) is 0.0858. The zero-order chi connectivity index (χ0) is 24.5. The Kier molecular flexibility index (Phi) is 8.72. The van der Waals surface area contributed by atoms with E-state index in [4.69, 9.17) is 13.6 Å². The van der Waals surface area contributed by atoms with Gasteiger partial charge in [-0.25, -0.2) is 0 Å². The molecule has 0 aromatic rings. The van der Waals surface area contributed by atoms with Gasteiger partial charge in [0, 0.05) is 7.11 Å². The minimum absolute atomic E-state index is 0.219. The molecule has 0 aromatic carbocycles. The van der Waals surface area contributed by atoms with Crippen LogP contribution in [0.2, 0.25) is 0 Å². The number of rotatable bonds is 9. The number of hydrogen-bond acceptors (Lipinski definition) is 10.